The number of ether oxygens (including phenoxy) is 1. The maximum absolute atomic E-state index is 13.1. The van der Waals surface area contributed by atoms with E-state index in [4.69, 9.17) is 4.74 Å². The number of carbonyl (C=O) groups is 1. The van der Waals surface area contributed by atoms with Crippen LogP contribution < -0.4 is 14.8 Å². The standard InChI is InChI=1S/C23H31IN2O4P2S/c1-15(16-7-4-3-5-8-16)22(27)25-18-11-12-21(20(14-18)30-2)33(28,29)26-19-10-6-9-17(13-19)23(24,31)32/h6,9-16,26H,3-5,7-8,31-32H2,1-2H3,(H,25,27). The van der Waals surface area contributed by atoms with E-state index >= 15 is 0 Å². The van der Waals surface area contributed by atoms with E-state index in [1.807, 2.05) is 13.0 Å². The van der Waals surface area contributed by atoms with E-state index in [9.17, 15) is 13.2 Å². The molecule has 180 valence electrons. The van der Waals surface area contributed by atoms with E-state index in [1.165, 1.54) is 32.4 Å². The molecule has 3 atom stereocenters. The average Bonchev–Trinajstić information content (AvgIpc) is 2.78. The van der Waals surface area contributed by atoms with Crippen LogP contribution in [-0.4, -0.2) is 21.4 Å². The SMILES string of the molecule is COc1cc(NC(=O)C(C)C2CCCCC2)ccc1S(=O)(=O)Nc1cccc(C(P)(P)I)c1. The molecule has 10 heteroatoms. The van der Waals surface area contributed by atoms with Gasteiger partial charge in [-0.2, -0.15) is 0 Å². The zero-order valence-electron chi connectivity index (χ0n) is 18.8. The molecule has 0 saturated heterocycles. The minimum Gasteiger partial charge on any atom is -0.495 e. The van der Waals surface area contributed by atoms with Crippen LogP contribution in [0.4, 0.5) is 11.4 Å². The highest BCUT2D eigenvalue weighted by molar-refractivity contribution is 14.1. The fraction of sp³-hybridized carbons (Fsp3) is 0.435. The first-order valence-electron chi connectivity index (χ1n) is 10.9. The Morgan fingerprint density at radius 2 is 1.82 bits per heavy atom. The van der Waals surface area contributed by atoms with Crippen molar-refractivity contribution in [1.82, 2.24) is 0 Å². The topological polar surface area (TPSA) is 84.5 Å². The van der Waals surface area contributed by atoms with Crippen molar-refractivity contribution < 1.29 is 17.9 Å². The number of amides is 1. The quantitative estimate of drug-likeness (QED) is 0.217. The van der Waals surface area contributed by atoms with Crippen LogP contribution in [0.3, 0.4) is 0 Å². The van der Waals surface area contributed by atoms with E-state index < -0.39 is 10.0 Å². The molecule has 33 heavy (non-hydrogen) atoms. The van der Waals surface area contributed by atoms with Gasteiger partial charge in [0.15, 0.2) is 0 Å². The highest BCUT2D eigenvalue weighted by Crippen LogP contribution is 2.46. The molecule has 0 bridgehead atoms. The van der Waals surface area contributed by atoms with E-state index in [2.05, 4.69) is 51.1 Å². The van der Waals surface area contributed by atoms with E-state index in [0.29, 0.717) is 17.3 Å². The Bertz CT molecular complexity index is 1100. The lowest BCUT2D eigenvalue weighted by Gasteiger charge is -2.26. The monoisotopic (exact) mass is 620 g/mol. The first-order chi connectivity index (χ1) is 15.5. The number of hydrogen-bond acceptors (Lipinski definition) is 4. The Morgan fingerprint density at radius 3 is 2.45 bits per heavy atom. The molecule has 2 aromatic rings. The summed E-state index contributed by atoms with van der Waals surface area (Å²) in [5.41, 5.74) is 1.91. The molecule has 0 spiro atoms. The Balaban J connectivity index is 1.78. The van der Waals surface area contributed by atoms with E-state index in [-0.39, 0.29) is 25.4 Å². The number of benzene rings is 2. The predicted octanol–water partition coefficient (Wildman–Crippen LogP) is 5.95. The molecular weight excluding hydrogens is 589 g/mol. The van der Waals surface area contributed by atoms with Crippen LogP contribution in [0.5, 0.6) is 5.75 Å². The van der Waals surface area contributed by atoms with Crippen LogP contribution in [0, 0.1) is 11.8 Å². The lowest BCUT2D eigenvalue weighted by atomic mass is 9.80. The van der Waals surface area contributed by atoms with Crippen LogP contribution in [0.1, 0.15) is 44.6 Å². The van der Waals surface area contributed by atoms with Crippen molar-refractivity contribution in [1.29, 1.82) is 0 Å². The molecule has 3 unspecified atom stereocenters. The molecule has 0 radical (unpaired) electrons. The van der Waals surface area contributed by atoms with Gasteiger partial charge in [-0.15, -0.1) is 18.5 Å². The fourth-order valence-corrected chi connectivity index (χ4v) is 6.00. The molecule has 0 aromatic heterocycles. The second-order valence-electron chi connectivity index (χ2n) is 8.50. The molecule has 1 saturated carbocycles. The predicted molar refractivity (Wildman–Crippen MR) is 150 cm³/mol. The number of halogens is 1. The van der Waals surface area contributed by atoms with Gasteiger partial charge >= 0.3 is 0 Å². The Morgan fingerprint density at radius 1 is 1.12 bits per heavy atom. The third-order valence-electron chi connectivity index (χ3n) is 6.05. The number of anilines is 2. The second kappa shape index (κ2) is 11.2. The van der Waals surface area contributed by atoms with Crippen molar-refractivity contribution in [2.24, 2.45) is 11.8 Å². The minimum atomic E-state index is -3.90. The lowest BCUT2D eigenvalue weighted by molar-refractivity contribution is -0.121. The van der Waals surface area contributed by atoms with Gasteiger partial charge in [0.2, 0.25) is 5.91 Å². The third kappa shape index (κ3) is 7.03. The van der Waals surface area contributed by atoms with Crippen molar-refractivity contribution in [2.75, 3.05) is 17.1 Å². The number of rotatable bonds is 8. The smallest absolute Gasteiger partial charge is 0.265 e. The van der Waals surface area contributed by atoms with Gasteiger partial charge in [-0.1, -0.05) is 60.9 Å². The van der Waals surface area contributed by atoms with Crippen molar-refractivity contribution in [3.05, 3.63) is 48.0 Å². The summed E-state index contributed by atoms with van der Waals surface area (Å²) in [5, 5.41) is 2.93. The lowest BCUT2D eigenvalue weighted by Crippen LogP contribution is -2.28. The fourth-order valence-electron chi connectivity index (χ4n) is 4.10. The summed E-state index contributed by atoms with van der Waals surface area (Å²) in [6.45, 7) is 1.97. The summed E-state index contributed by atoms with van der Waals surface area (Å²) in [7, 11) is 2.92. The van der Waals surface area contributed by atoms with Crippen molar-refractivity contribution >= 4 is 68.4 Å². The number of sulfonamides is 1. The van der Waals surface area contributed by atoms with Gasteiger partial charge in [0.05, 0.1) is 10.0 Å². The van der Waals surface area contributed by atoms with Gasteiger partial charge in [0, 0.05) is 23.4 Å². The van der Waals surface area contributed by atoms with Crippen LogP contribution in [0.2, 0.25) is 0 Å². The van der Waals surface area contributed by atoms with Crippen molar-refractivity contribution in [2.45, 2.75) is 46.8 Å². The first kappa shape index (κ1) is 26.7. The zero-order valence-corrected chi connectivity index (χ0v) is 24.1. The van der Waals surface area contributed by atoms with Crippen molar-refractivity contribution in [3.63, 3.8) is 0 Å². The summed E-state index contributed by atoms with van der Waals surface area (Å²) in [5.74, 6) is 0.422. The van der Waals surface area contributed by atoms with E-state index in [0.717, 1.165) is 18.4 Å². The van der Waals surface area contributed by atoms with Gasteiger partial charge in [0.25, 0.3) is 10.0 Å². The number of methoxy groups -OCH3 is 1. The Kier molecular flexibility index (Phi) is 9.04. The number of carbonyl (C=O) groups excluding carboxylic acids is 1. The minimum absolute atomic E-state index is 0.00575. The molecule has 0 heterocycles. The number of nitrogens with one attached hydrogen (secondary N) is 2. The number of hydrogen-bond donors (Lipinski definition) is 2. The van der Waals surface area contributed by atoms with Crippen LogP contribution in [0.15, 0.2) is 47.4 Å². The van der Waals surface area contributed by atoms with Crippen LogP contribution >= 0.6 is 41.1 Å². The van der Waals surface area contributed by atoms with Gasteiger partial charge in [-0.25, -0.2) is 8.42 Å². The van der Waals surface area contributed by atoms with Gasteiger partial charge < -0.3 is 10.1 Å². The normalized spacial score (nSPS) is 16.2. The molecule has 1 fully saturated rings. The largest absolute Gasteiger partial charge is 0.495 e. The van der Waals surface area contributed by atoms with Gasteiger partial charge in [-0.05, 0) is 48.6 Å². The molecule has 1 amide bonds. The van der Waals surface area contributed by atoms with Crippen LogP contribution in [-0.2, 0) is 17.7 Å². The third-order valence-corrected chi connectivity index (χ3v) is 8.76. The molecule has 2 aromatic carbocycles. The maximum Gasteiger partial charge on any atom is 0.265 e. The Hall–Kier alpha value is -0.950. The van der Waals surface area contributed by atoms with Crippen LogP contribution in [0.25, 0.3) is 0 Å². The summed E-state index contributed by atoms with van der Waals surface area (Å²) < 4.78 is 33.9. The summed E-state index contributed by atoms with van der Waals surface area (Å²) in [4.78, 5) is 12.8. The van der Waals surface area contributed by atoms with E-state index in [1.54, 1.807) is 30.3 Å². The summed E-state index contributed by atoms with van der Waals surface area (Å²) >= 11 is 2.24. The molecule has 0 aliphatic heterocycles. The van der Waals surface area contributed by atoms with Gasteiger partial charge in [0.1, 0.15) is 10.6 Å². The number of alkyl halides is 1. The summed E-state index contributed by atoms with van der Waals surface area (Å²) in [6.07, 6.45) is 5.74. The molecular formula is C23H31IN2O4P2S. The Labute approximate surface area is 215 Å². The highest BCUT2D eigenvalue weighted by Gasteiger charge is 2.26. The zero-order chi connectivity index (χ0) is 24.2. The molecule has 2 N–H and O–H groups in total. The molecule has 1 aliphatic carbocycles. The average molecular weight is 620 g/mol. The van der Waals surface area contributed by atoms with Gasteiger partial charge in [-0.3, -0.25) is 9.52 Å². The highest BCUT2D eigenvalue weighted by atomic mass is 127. The summed E-state index contributed by atoms with van der Waals surface area (Å²) in [6, 6.07) is 11.8. The second-order valence-corrected chi connectivity index (χ2v) is 16.8. The maximum atomic E-state index is 13.1. The molecule has 1 aliphatic rings. The molecule has 6 nitrogen and oxygen atoms in total. The first-order valence-corrected chi connectivity index (χ1v) is 14.6. The molecule has 3 rings (SSSR count). The van der Waals surface area contributed by atoms with Crippen molar-refractivity contribution in [3.8, 4) is 5.75 Å².